The quantitative estimate of drug-likeness (QED) is 0.920. The molecule has 23 heavy (non-hydrogen) atoms. The van der Waals surface area contributed by atoms with Gasteiger partial charge < -0.3 is 19.9 Å². The zero-order chi connectivity index (χ0) is 16.4. The van der Waals surface area contributed by atoms with Crippen LogP contribution in [0, 0.1) is 0 Å². The van der Waals surface area contributed by atoms with E-state index in [-0.39, 0.29) is 24.5 Å². The van der Waals surface area contributed by atoms with Crippen molar-refractivity contribution in [2.75, 3.05) is 26.7 Å². The first kappa shape index (κ1) is 15.6. The van der Waals surface area contributed by atoms with Gasteiger partial charge in [-0.05, 0) is 37.5 Å². The van der Waals surface area contributed by atoms with E-state index in [0.717, 1.165) is 24.2 Å². The Morgan fingerprint density at radius 3 is 2.78 bits per heavy atom. The number of methoxy groups -OCH3 is 1. The van der Waals surface area contributed by atoms with Crippen LogP contribution in [0.5, 0.6) is 5.75 Å². The molecule has 3 amide bonds. The molecular formula is C17H23N3O3. The molecule has 0 spiro atoms. The van der Waals surface area contributed by atoms with Crippen molar-refractivity contribution in [1.29, 1.82) is 0 Å². The summed E-state index contributed by atoms with van der Waals surface area (Å²) in [4.78, 5) is 28.0. The fourth-order valence-corrected chi connectivity index (χ4v) is 2.90. The third kappa shape index (κ3) is 3.57. The summed E-state index contributed by atoms with van der Waals surface area (Å²) in [7, 11) is 1.62. The summed E-state index contributed by atoms with van der Waals surface area (Å²) in [5.41, 5.74) is 0.973. The van der Waals surface area contributed by atoms with E-state index in [1.54, 1.807) is 12.0 Å². The fraction of sp³-hybridized carbons (Fsp3) is 0.529. The predicted octanol–water partition coefficient (Wildman–Crippen LogP) is 1.77. The molecule has 1 unspecified atom stereocenters. The van der Waals surface area contributed by atoms with E-state index in [2.05, 4.69) is 5.32 Å². The first-order valence-corrected chi connectivity index (χ1v) is 8.07. The molecule has 1 N–H and O–H groups in total. The Kier molecular flexibility index (Phi) is 4.41. The summed E-state index contributed by atoms with van der Waals surface area (Å²) in [6.45, 7) is 3.34. The predicted molar refractivity (Wildman–Crippen MR) is 86.2 cm³/mol. The normalized spacial score (nSPS) is 19.5. The van der Waals surface area contributed by atoms with E-state index >= 15 is 0 Å². The van der Waals surface area contributed by atoms with Gasteiger partial charge in [0.25, 0.3) is 0 Å². The van der Waals surface area contributed by atoms with Gasteiger partial charge >= 0.3 is 6.03 Å². The smallest absolute Gasteiger partial charge is 0.318 e. The van der Waals surface area contributed by atoms with Crippen LogP contribution in [0.15, 0.2) is 24.3 Å². The molecule has 1 aliphatic heterocycles. The van der Waals surface area contributed by atoms with Crippen molar-refractivity contribution >= 4 is 11.9 Å². The number of nitrogens with zero attached hydrogens (tertiary/aromatic N) is 2. The molecule has 6 heteroatoms. The molecule has 0 bridgehead atoms. The van der Waals surface area contributed by atoms with Crippen molar-refractivity contribution in [1.82, 2.24) is 15.1 Å². The second-order valence-electron chi connectivity index (χ2n) is 6.19. The van der Waals surface area contributed by atoms with Crippen LogP contribution in [-0.2, 0) is 4.79 Å². The van der Waals surface area contributed by atoms with Crippen LogP contribution in [0.4, 0.5) is 4.79 Å². The van der Waals surface area contributed by atoms with Gasteiger partial charge in [0.1, 0.15) is 12.3 Å². The number of benzene rings is 1. The zero-order valence-corrected chi connectivity index (χ0v) is 13.6. The summed E-state index contributed by atoms with van der Waals surface area (Å²) in [5.74, 6) is 0.819. The monoisotopic (exact) mass is 317 g/mol. The molecule has 1 aliphatic carbocycles. The number of amides is 3. The Morgan fingerprint density at radius 2 is 2.13 bits per heavy atom. The summed E-state index contributed by atoms with van der Waals surface area (Å²) in [5, 5.41) is 2.96. The van der Waals surface area contributed by atoms with E-state index in [9.17, 15) is 9.59 Å². The molecule has 1 saturated heterocycles. The molecule has 0 aromatic heterocycles. The molecule has 124 valence electrons. The van der Waals surface area contributed by atoms with Crippen molar-refractivity contribution in [2.24, 2.45) is 0 Å². The molecule has 2 fully saturated rings. The SMILES string of the molecule is COc1cccc(C(C)NC(=O)N2CCN(C3CC3)C(=O)C2)c1. The van der Waals surface area contributed by atoms with Gasteiger partial charge in [-0.25, -0.2) is 4.79 Å². The molecule has 2 aliphatic rings. The Labute approximate surface area is 136 Å². The maximum atomic E-state index is 12.4. The molecular weight excluding hydrogens is 294 g/mol. The summed E-state index contributed by atoms with van der Waals surface area (Å²) in [6, 6.07) is 7.70. The van der Waals surface area contributed by atoms with Crippen molar-refractivity contribution in [3.8, 4) is 5.75 Å². The van der Waals surface area contributed by atoms with Crippen molar-refractivity contribution in [3.63, 3.8) is 0 Å². The van der Waals surface area contributed by atoms with Crippen molar-refractivity contribution in [3.05, 3.63) is 29.8 Å². The maximum absolute atomic E-state index is 12.4. The van der Waals surface area contributed by atoms with E-state index < -0.39 is 0 Å². The Balaban J connectivity index is 1.57. The minimum absolute atomic E-state index is 0.0583. The second kappa shape index (κ2) is 6.48. The standard InChI is InChI=1S/C17H23N3O3/c1-12(13-4-3-5-15(10-13)23-2)18-17(22)19-8-9-20(14-6-7-14)16(21)11-19/h3-5,10,12,14H,6-9,11H2,1-2H3,(H,18,22). The highest BCUT2D eigenvalue weighted by Crippen LogP contribution is 2.28. The third-order valence-corrected chi connectivity index (χ3v) is 4.47. The highest BCUT2D eigenvalue weighted by atomic mass is 16.5. The molecule has 1 aromatic carbocycles. The van der Waals surface area contributed by atoms with Gasteiger partial charge in [-0.15, -0.1) is 0 Å². The highest BCUT2D eigenvalue weighted by Gasteiger charge is 2.36. The van der Waals surface area contributed by atoms with E-state index in [0.29, 0.717) is 19.1 Å². The van der Waals surface area contributed by atoms with Crippen LogP contribution in [0.1, 0.15) is 31.4 Å². The fourth-order valence-electron chi connectivity index (χ4n) is 2.90. The van der Waals surface area contributed by atoms with Gasteiger partial charge in [-0.1, -0.05) is 12.1 Å². The van der Waals surface area contributed by atoms with Gasteiger partial charge in [0.2, 0.25) is 5.91 Å². The average Bonchev–Trinajstić information content (AvgIpc) is 3.39. The minimum Gasteiger partial charge on any atom is -0.497 e. The lowest BCUT2D eigenvalue weighted by molar-refractivity contribution is -0.135. The van der Waals surface area contributed by atoms with Crippen molar-refractivity contribution in [2.45, 2.75) is 31.8 Å². The zero-order valence-electron chi connectivity index (χ0n) is 13.6. The van der Waals surface area contributed by atoms with Crippen LogP contribution >= 0.6 is 0 Å². The van der Waals surface area contributed by atoms with Crippen LogP contribution in [0.25, 0.3) is 0 Å². The molecule has 3 rings (SSSR count). The summed E-state index contributed by atoms with van der Waals surface area (Å²) >= 11 is 0. The van der Waals surface area contributed by atoms with E-state index in [1.165, 1.54) is 0 Å². The molecule has 6 nitrogen and oxygen atoms in total. The van der Waals surface area contributed by atoms with E-state index in [4.69, 9.17) is 4.74 Å². The number of carbonyl (C=O) groups excluding carboxylic acids is 2. The van der Waals surface area contributed by atoms with Crippen LogP contribution in [0.2, 0.25) is 0 Å². The number of nitrogens with one attached hydrogen (secondary N) is 1. The number of ether oxygens (including phenoxy) is 1. The Bertz CT molecular complexity index is 601. The first-order valence-electron chi connectivity index (χ1n) is 8.07. The average molecular weight is 317 g/mol. The lowest BCUT2D eigenvalue weighted by Gasteiger charge is -2.35. The third-order valence-electron chi connectivity index (χ3n) is 4.47. The number of hydrogen-bond acceptors (Lipinski definition) is 3. The van der Waals surface area contributed by atoms with Gasteiger partial charge in [0.05, 0.1) is 13.2 Å². The van der Waals surface area contributed by atoms with E-state index in [1.807, 2.05) is 36.1 Å². The second-order valence-corrected chi connectivity index (χ2v) is 6.19. The number of carbonyl (C=O) groups is 2. The van der Waals surface area contributed by atoms with Gasteiger partial charge in [0.15, 0.2) is 0 Å². The van der Waals surface area contributed by atoms with Gasteiger partial charge in [-0.3, -0.25) is 4.79 Å². The van der Waals surface area contributed by atoms with Gasteiger partial charge in [-0.2, -0.15) is 0 Å². The largest absolute Gasteiger partial charge is 0.497 e. The van der Waals surface area contributed by atoms with Crippen molar-refractivity contribution < 1.29 is 14.3 Å². The number of piperazine rings is 1. The Hall–Kier alpha value is -2.24. The lowest BCUT2D eigenvalue weighted by Crippen LogP contribution is -2.55. The maximum Gasteiger partial charge on any atom is 0.318 e. The number of hydrogen-bond donors (Lipinski definition) is 1. The van der Waals surface area contributed by atoms with Crippen LogP contribution in [-0.4, -0.2) is 54.5 Å². The molecule has 1 aromatic rings. The molecule has 1 heterocycles. The number of urea groups is 1. The van der Waals surface area contributed by atoms with Crippen LogP contribution in [0.3, 0.4) is 0 Å². The first-order chi connectivity index (χ1) is 11.1. The number of rotatable bonds is 4. The van der Waals surface area contributed by atoms with Crippen LogP contribution < -0.4 is 10.1 Å². The Morgan fingerprint density at radius 1 is 1.35 bits per heavy atom. The highest BCUT2D eigenvalue weighted by molar-refractivity contribution is 5.85. The molecule has 0 radical (unpaired) electrons. The topological polar surface area (TPSA) is 61.9 Å². The summed E-state index contributed by atoms with van der Waals surface area (Å²) in [6.07, 6.45) is 2.20. The van der Waals surface area contributed by atoms with Gasteiger partial charge in [0, 0.05) is 19.1 Å². The molecule has 1 atom stereocenters. The lowest BCUT2D eigenvalue weighted by atomic mass is 10.1. The summed E-state index contributed by atoms with van der Waals surface area (Å²) < 4.78 is 5.21. The minimum atomic E-state index is -0.191. The molecule has 1 saturated carbocycles.